The molecule has 7 heteroatoms. The van der Waals surface area contributed by atoms with Gasteiger partial charge in [0.2, 0.25) is 0 Å². The molecule has 1 saturated heterocycles. The molecule has 1 aliphatic heterocycles. The van der Waals surface area contributed by atoms with Crippen LogP contribution in [0.3, 0.4) is 0 Å². The van der Waals surface area contributed by atoms with Crippen molar-refractivity contribution < 1.29 is 4.79 Å². The molecule has 27 heavy (non-hydrogen) atoms. The summed E-state index contributed by atoms with van der Waals surface area (Å²) < 4.78 is 2.17. The molecule has 2 aromatic rings. The third kappa shape index (κ3) is 4.03. The van der Waals surface area contributed by atoms with E-state index >= 15 is 0 Å². The zero-order valence-corrected chi connectivity index (χ0v) is 16.1. The fourth-order valence-electron chi connectivity index (χ4n) is 3.70. The van der Waals surface area contributed by atoms with Crippen LogP contribution in [-0.2, 0) is 14.1 Å². The molecule has 1 aliphatic rings. The second-order valence-corrected chi connectivity index (χ2v) is 7.17. The molecule has 2 heterocycles. The van der Waals surface area contributed by atoms with Crippen LogP contribution in [0.1, 0.15) is 34.0 Å². The zero-order chi connectivity index (χ0) is 19.6. The molecule has 0 spiro atoms. The number of nitrogens with one attached hydrogen (secondary N) is 1. The van der Waals surface area contributed by atoms with Crippen molar-refractivity contribution in [3.63, 3.8) is 0 Å². The average molecular weight is 370 g/mol. The molecule has 7 nitrogen and oxygen atoms in total. The van der Waals surface area contributed by atoms with Crippen molar-refractivity contribution >= 4 is 5.91 Å². The van der Waals surface area contributed by atoms with Gasteiger partial charge in [-0.05, 0) is 36.9 Å². The molecule has 1 atom stereocenters. The number of aromatic nitrogens is 2. The van der Waals surface area contributed by atoms with Crippen LogP contribution < -0.4 is 16.6 Å². The smallest absolute Gasteiger partial charge is 0.331 e. The van der Waals surface area contributed by atoms with E-state index in [0.717, 1.165) is 30.6 Å². The van der Waals surface area contributed by atoms with Crippen molar-refractivity contribution in [2.75, 3.05) is 26.2 Å². The van der Waals surface area contributed by atoms with Crippen LogP contribution in [0, 0.1) is 6.92 Å². The van der Waals surface area contributed by atoms with Gasteiger partial charge in [0.1, 0.15) is 5.69 Å². The summed E-state index contributed by atoms with van der Waals surface area (Å²) in [5.41, 5.74) is 1.82. The first kappa shape index (κ1) is 19.1. The number of nitrogens with zero attached hydrogens (tertiary/aromatic N) is 3. The standard InChI is InChI=1S/C20H26N4O3/c1-14-6-4-5-7-16(14)15-8-10-24(13-15)11-9-21-19(26)17-12-18(25)23(3)20(27)22(17)2/h4-7,12,15H,8-11,13H2,1-3H3,(H,21,26)/t15-/m0/s1. The minimum atomic E-state index is -0.506. The van der Waals surface area contributed by atoms with Crippen LogP contribution in [0.25, 0.3) is 0 Å². The highest BCUT2D eigenvalue weighted by atomic mass is 16.2. The highest BCUT2D eigenvalue weighted by Crippen LogP contribution is 2.28. The van der Waals surface area contributed by atoms with Crippen LogP contribution in [0.2, 0.25) is 0 Å². The summed E-state index contributed by atoms with van der Waals surface area (Å²) in [7, 11) is 2.88. The van der Waals surface area contributed by atoms with E-state index in [1.54, 1.807) is 0 Å². The van der Waals surface area contributed by atoms with Crippen LogP contribution in [0.4, 0.5) is 0 Å². The Labute approximate surface area is 158 Å². The lowest BCUT2D eigenvalue weighted by atomic mass is 9.94. The number of hydrogen-bond acceptors (Lipinski definition) is 4. The predicted molar refractivity (Wildman–Crippen MR) is 104 cm³/mol. The number of hydrogen-bond donors (Lipinski definition) is 1. The maximum absolute atomic E-state index is 12.3. The van der Waals surface area contributed by atoms with E-state index < -0.39 is 17.2 Å². The summed E-state index contributed by atoms with van der Waals surface area (Å²) in [5, 5.41) is 2.82. The third-order valence-corrected chi connectivity index (χ3v) is 5.37. The lowest BCUT2D eigenvalue weighted by molar-refractivity contribution is 0.0939. The topological polar surface area (TPSA) is 76.3 Å². The maximum Gasteiger partial charge on any atom is 0.331 e. The van der Waals surface area contributed by atoms with Gasteiger partial charge in [0.25, 0.3) is 11.5 Å². The lowest BCUT2D eigenvalue weighted by Gasteiger charge is -2.17. The SMILES string of the molecule is Cc1ccccc1[C@H]1CCN(CCNC(=O)c2cc(=O)n(C)c(=O)n2C)C1. The minimum Gasteiger partial charge on any atom is -0.349 e. The average Bonchev–Trinajstić information content (AvgIpc) is 3.12. The van der Waals surface area contributed by atoms with Crippen molar-refractivity contribution in [2.24, 2.45) is 14.1 Å². The molecule has 1 N–H and O–H groups in total. The number of amides is 1. The fourth-order valence-corrected chi connectivity index (χ4v) is 3.70. The summed E-state index contributed by atoms with van der Waals surface area (Å²) >= 11 is 0. The lowest BCUT2D eigenvalue weighted by Crippen LogP contribution is -2.42. The summed E-state index contributed by atoms with van der Waals surface area (Å²) in [6.45, 7) is 5.34. The molecule has 0 saturated carbocycles. The molecule has 0 unspecified atom stereocenters. The van der Waals surface area contributed by atoms with Gasteiger partial charge in [0.15, 0.2) is 0 Å². The molecule has 0 bridgehead atoms. The highest BCUT2D eigenvalue weighted by molar-refractivity contribution is 5.92. The van der Waals surface area contributed by atoms with Gasteiger partial charge >= 0.3 is 5.69 Å². The predicted octanol–water partition coefficient (Wildman–Crippen LogP) is 0.612. The van der Waals surface area contributed by atoms with Gasteiger partial charge in [0, 0.05) is 39.8 Å². The Hall–Kier alpha value is -2.67. The van der Waals surface area contributed by atoms with E-state index in [4.69, 9.17) is 0 Å². The Kier molecular flexibility index (Phi) is 5.60. The number of benzene rings is 1. The molecule has 1 fully saturated rings. The molecule has 0 radical (unpaired) electrons. The minimum absolute atomic E-state index is 0.0855. The first-order chi connectivity index (χ1) is 12.9. The quantitative estimate of drug-likeness (QED) is 0.837. The van der Waals surface area contributed by atoms with Gasteiger partial charge in [-0.2, -0.15) is 0 Å². The molecule has 144 valence electrons. The van der Waals surface area contributed by atoms with Crippen molar-refractivity contribution in [3.8, 4) is 0 Å². The second kappa shape index (κ2) is 7.92. The van der Waals surface area contributed by atoms with Gasteiger partial charge in [0.05, 0.1) is 0 Å². The molecule has 1 aromatic carbocycles. The number of aryl methyl sites for hydroxylation is 1. The normalized spacial score (nSPS) is 17.2. The van der Waals surface area contributed by atoms with E-state index in [1.165, 1.54) is 35.9 Å². The Balaban J connectivity index is 1.55. The highest BCUT2D eigenvalue weighted by Gasteiger charge is 2.24. The van der Waals surface area contributed by atoms with Crippen molar-refractivity contribution in [3.05, 3.63) is 68.0 Å². The van der Waals surface area contributed by atoms with Gasteiger partial charge < -0.3 is 10.2 Å². The van der Waals surface area contributed by atoms with E-state index in [1.807, 2.05) is 0 Å². The Morgan fingerprint density at radius 2 is 1.93 bits per heavy atom. The van der Waals surface area contributed by atoms with Gasteiger partial charge in [-0.25, -0.2) is 4.79 Å². The van der Waals surface area contributed by atoms with Crippen LogP contribution in [0.5, 0.6) is 0 Å². The van der Waals surface area contributed by atoms with E-state index in [0.29, 0.717) is 12.5 Å². The first-order valence-electron chi connectivity index (χ1n) is 9.21. The Morgan fingerprint density at radius 1 is 1.19 bits per heavy atom. The zero-order valence-electron chi connectivity index (χ0n) is 16.1. The fraction of sp³-hybridized carbons (Fsp3) is 0.450. The van der Waals surface area contributed by atoms with Crippen molar-refractivity contribution in [2.45, 2.75) is 19.3 Å². The van der Waals surface area contributed by atoms with Gasteiger partial charge in [-0.15, -0.1) is 0 Å². The number of likely N-dealkylation sites (tertiary alicyclic amines) is 1. The maximum atomic E-state index is 12.3. The molecule has 1 amide bonds. The molecular formula is C20H26N4O3. The molecular weight excluding hydrogens is 344 g/mol. The third-order valence-electron chi connectivity index (χ3n) is 5.37. The molecule has 1 aromatic heterocycles. The molecule has 0 aliphatic carbocycles. The monoisotopic (exact) mass is 370 g/mol. The van der Waals surface area contributed by atoms with Crippen molar-refractivity contribution in [1.82, 2.24) is 19.4 Å². The summed E-state index contributed by atoms with van der Waals surface area (Å²) in [6, 6.07) is 9.68. The Morgan fingerprint density at radius 3 is 2.67 bits per heavy atom. The van der Waals surface area contributed by atoms with Gasteiger partial charge in [-0.1, -0.05) is 24.3 Å². The van der Waals surface area contributed by atoms with Crippen LogP contribution in [0.15, 0.2) is 39.9 Å². The summed E-state index contributed by atoms with van der Waals surface area (Å²) in [4.78, 5) is 38.4. The number of carbonyl (C=O) groups excluding carboxylic acids is 1. The van der Waals surface area contributed by atoms with E-state index in [-0.39, 0.29) is 5.69 Å². The number of rotatable bonds is 5. The summed E-state index contributed by atoms with van der Waals surface area (Å²) in [5.74, 6) is 0.127. The largest absolute Gasteiger partial charge is 0.349 e. The van der Waals surface area contributed by atoms with Gasteiger partial charge in [-0.3, -0.25) is 18.7 Å². The van der Waals surface area contributed by atoms with E-state index in [2.05, 4.69) is 41.4 Å². The van der Waals surface area contributed by atoms with Crippen LogP contribution >= 0.6 is 0 Å². The second-order valence-electron chi connectivity index (χ2n) is 7.17. The first-order valence-corrected chi connectivity index (χ1v) is 9.21. The number of carbonyl (C=O) groups is 1. The van der Waals surface area contributed by atoms with Crippen molar-refractivity contribution in [1.29, 1.82) is 0 Å². The molecule has 3 rings (SSSR count). The summed E-state index contributed by atoms with van der Waals surface area (Å²) in [6.07, 6.45) is 1.11. The van der Waals surface area contributed by atoms with Crippen LogP contribution in [-0.4, -0.2) is 46.1 Å². The van der Waals surface area contributed by atoms with E-state index in [9.17, 15) is 14.4 Å². The Bertz CT molecular complexity index is 960.